The Bertz CT molecular complexity index is 863. The van der Waals surface area contributed by atoms with E-state index in [2.05, 4.69) is 9.97 Å². The summed E-state index contributed by atoms with van der Waals surface area (Å²) in [6.45, 7) is 0.225. The van der Waals surface area contributed by atoms with Crippen LogP contribution >= 0.6 is 0 Å². The van der Waals surface area contributed by atoms with Crippen molar-refractivity contribution in [2.45, 2.75) is 0 Å². The Morgan fingerprint density at radius 3 is 2.85 bits per heavy atom. The fourth-order valence-corrected chi connectivity index (χ4v) is 2.30. The molecule has 96 valence electrons. The molecule has 0 saturated heterocycles. The highest BCUT2D eigenvalue weighted by Gasteiger charge is 2.17. The molecule has 6 nitrogen and oxygen atoms in total. The van der Waals surface area contributed by atoms with Gasteiger partial charge in [0, 0.05) is 24.0 Å². The first-order valence-electron chi connectivity index (χ1n) is 5.99. The molecule has 20 heavy (non-hydrogen) atoms. The molecule has 0 fully saturated rings. The monoisotopic (exact) mass is 264 g/mol. The molecule has 1 aliphatic heterocycles. The zero-order valence-electron chi connectivity index (χ0n) is 10.3. The molecular weight excluding hydrogens is 256 g/mol. The maximum Gasteiger partial charge on any atom is 0.231 e. The molecule has 2 aromatic heterocycles. The SMILES string of the molecule is N#Cc1nccn1-c1nccc2cc3c(cc12)OCO3. The van der Waals surface area contributed by atoms with Crippen LogP contribution in [0.4, 0.5) is 0 Å². The molecule has 1 aromatic carbocycles. The van der Waals surface area contributed by atoms with E-state index in [-0.39, 0.29) is 6.79 Å². The standard InChI is InChI=1S/C14H8N4O2/c15-7-13-16-3-4-18(13)14-10-6-12-11(19-8-20-12)5-9(10)1-2-17-14/h1-6H,8H2. The van der Waals surface area contributed by atoms with Crippen LogP contribution in [-0.2, 0) is 0 Å². The van der Waals surface area contributed by atoms with Crippen molar-refractivity contribution in [3.8, 4) is 23.4 Å². The van der Waals surface area contributed by atoms with E-state index in [1.165, 1.54) is 0 Å². The summed E-state index contributed by atoms with van der Waals surface area (Å²) in [5.41, 5.74) is 0. The zero-order chi connectivity index (χ0) is 13.5. The second kappa shape index (κ2) is 3.96. The van der Waals surface area contributed by atoms with Gasteiger partial charge in [0.15, 0.2) is 11.5 Å². The van der Waals surface area contributed by atoms with Gasteiger partial charge in [-0.1, -0.05) is 0 Å². The first kappa shape index (κ1) is 10.8. The van der Waals surface area contributed by atoms with Crippen LogP contribution in [-0.4, -0.2) is 21.3 Å². The van der Waals surface area contributed by atoms with Gasteiger partial charge in [-0.05, 0) is 23.6 Å². The Hall–Kier alpha value is -3.07. The lowest BCUT2D eigenvalue weighted by Gasteiger charge is -2.08. The third-order valence-electron chi connectivity index (χ3n) is 3.21. The number of hydrogen-bond donors (Lipinski definition) is 0. The molecule has 6 heteroatoms. The summed E-state index contributed by atoms with van der Waals surface area (Å²) >= 11 is 0. The van der Waals surface area contributed by atoms with Gasteiger partial charge in [0.2, 0.25) is 12.6 Å². The van der Waals surface area contributed by atoms with Crippen LogP contribution in [0.3, 0.4) is 0 Å². The largest absolute Gasteiger partial charge is 0.454 e. The second-order valence-corrected chi connectivity index (χ2v) is 4.29. The molecule has 0 saturated carbocycles. The van der Waals surface area contributed by atoms with E-state index in [0.29, 0.717) is 17.4 Å². The predicted octanol–water partition coefficient (Wildman–Crippen LogP) is 2.02. The van der Waals surface area contributed by atoms with Crippen molar-refractivity contribution in [1.29, 1.82) is 5.26 Å². The van der Waals surface area contributed by atoms with Gasteiger partial charge >= 0.3 is 0 Å². The van der Waals surface area contributed by atoms with Crippen LogP contribution in [0.2, 0.25) is 0 Å². The summed E-state index contributed by atoms with van der Waals surface area (Å²) in [7, 11) is 0. The molecule has 3 aromatic rings. The molecule has 0 spiro atoms. The zero-order valence-corrected chi connectivity index (χ0v) is 10.3. The molecule has 0 unspecified atom stereocenters. The highest BCUT2D eigenvalue weighted by molar-refractivity contribution is 5.91. The minimum absolute atomic E-state index is 0.225. The first-order chi connectivity index (χ1) is 9.86. The minimum Gasteiger partial charge on any atom is -0.454 e. The van der Waals surface area contributed by atoms with Crippen LogP contribution in [0.1, 0.15) is 5.82 Å². The predicted molar refractivity (Wildman–Crippen MR) is 69.7 cm³/mol. The number of benzene rings is 1. The first-order valence-corrected chi connectivity index (χ1v) is 5.99. The topological polar surface area (TPSA) is 73.0 Å². The number of nitrogens with zero attached hydrogens (tertiary/aromatic N) is 4. The number of pyridine rings is 1. The lowest BCUT2D eigenvalue weighted by atomic mass is 10.1. The third-order valence-corrected chi connectivity index (χ3v) is 3.21. The van der Waals surface area contributed by atoms with Crippen LogP contribution in [0.5, 0.6) is 11.5 Å². The molecule has 4 rings (SSSR count). The number of fused-ring (bicyclic) bond motifs is 2. The van der Waals surface area contributed by atoms with Crippen LogP contribution in [0.15, 0.2) is 36.8 Å². The van der Waals surface area contributed by atoms with Gasteiger partial charge in [0.05, 0.1) is 0 Å². The van der Waals surface area contributed by atoms with Crippen LogP contribution in [0.25, 0.3) is 16.6 Å². The normalized spacial score (nSPS) is 12.6. The minimum atomic E-state index is 0.225. The van der Waals surface area contributed by atoms with Gasteiger partial charge < -0.3 is 9.47 Å². The van der Waals surface area contributed by atoms with Crippen molar-refractivity contribution in [2.75, 3.05) is 6.79 Å². The smallest absolute Gasteiger partial charge is 0.231 e. The highest BCUT2D eigenvalue weighted by atomic mass is 16.7. The summed E-state index contributed by atoms with van der Waals surface area (Å²) in [4.78, 5) is 8.36. The molecular formula is C14H8N4O2. The molecule has 0 aliphatic carbocycles. The molecule has 0 N–H and O–H groups in total. The molecule has 0 amide bonds. The van der Waals surface area contributed by atoms with Gasteiger partial charge in [0.25, 0.3) is 0 Å². The molecule has 0 radical (unpaired) electrons. The van der Waals surface area contributed by atoms with Crippen molar-refractivity contribution in [3.05, 3.63) is 42.6 Å². The van der Waals surface area contributed by atoms with Gasteiger partial charge in [0.1, 0.15) is 11.9 Å². The summed E-state index contributed by atoms with van der Waals surface area (Å²) in [5.74, 6) is 2.35. The Balaban J connectivity index is 2.03. The molecule has 1 aliphatic rings. The van der Waals surface area contributed by atoms with E-state index >= 15 is 0 Å². The number of ether oxygens (including phenoxy) is 2. The maximum atomic E-state index is 9.09. The van der Waals surface area contributed by atoms with Crippen LogP contribution < -0.4 is 9.47 Å². The average molecular weight is 264 g/mol. The summed E-state index contributed by atoms with van der Waals surface area (Å²) in [6.07, 6.45) is 4.98. The third kappa shape index (κ3) is 1.44. The Kier molecular flexibility index (Phi) is 2.14. The van der Waals surface area contributed by atoms with E-state index in [1.807, 2.05) is 24.3 Å². The maximum absolute atomic E-state index is 9.09. The number of nitriles is 1. The number of rotatable bonds is 1. The number of aromatic nitrogens is 3. The average Bonchev–Trinajstić information content (AvgIpc) is 3.12. The van der Waals surface area contributed by atoms with Crippen molar-refractivity contribution >= 4 is 10.8 Å². The van der Waals surface area contributed by atoms with Crippen molar-refractivity contribution in [1.82, 2.24) is 14.5 Å². The van der Waals surface area contributed by atoms with Crippen molar-refractivity contribution in [2.24, 2.45) is 0 Å². The Morgan fingerprint density at radius 1 is 1.15 bits per heavy atom. The summed E-state index contributed by atoms with van der Waals surface area (Å²) < 4.78 is 12.4. The van der Waals surface area contributed by atoms with Gasteiger partial charge in [-0.2, -0.15) is 5.26 Å². The number of hydrogen-bond acceptors (Lipinski definition) is 5. The van der Waals surface area contributed by atoms with E-state index in [1.54, 1.807) is 23.2 Å². The highest BCUT2D eigenvalue weighted by Crippen LogP contribution is 2.37. The fraction of sp³-hybridized carbons (Fsp3) is 0.0714. The van der Waals surface area contributed by atoms with E-state index in [0.717, 1.165) is 16.5 Å². The van der Waals surface area contributed by atoms with E-state index < -0.39 is 0 Å². The van der Waals surface area contributed by atoms with E-state index in [4.69, 9.17) is 14.7 Å². The van der Waals surface area contributed by atoms with Crippen molar-refractivity contribution in [3.63, 3.8) is 0 Å². The quantitative estimate of drug-likeness (QED) is 0.672. The number of imidazole rings is 1. The molecule has 0 bridgehead atoms. The van der Waals surface area contributed by atoms with Crippen molar-refractivity contribution < 1.29 is 9.47 Å². The molecule has 3 heterocycles. The molecule has 0 atom stereocenters. The summed E-state index contributed by atoms with van der Waals surface area (Å²) in [6, 6.07) is 7.72. The fourth-order valence-electron chi connectivity index (χ4n) is 2.30. The van der Waals surface area contributed by atoms with Gasteiger partial charge in [-0.15, -0.1) is 0 Å². The van der Waals surface area contributed by atoms with E-state index in [9.17, 15) is 0 Å². The lowest BCUT2D eigenvalue weighted by molar-refractivity contribution is 0.174. The Labute approximate surface area is 113 Å². The van der Waals surface area contributed by atoms with Gasteiger partial charge in [-0.25, -0.2) is 9.97 Å². The Morgan fingerprint density at radius 2 is 2.00 bits per heavy atom. The van der Waals surface area contributed by atoms with Crippen LogP contribution in [0, 0.1) is 11.3 Å². The lowest BCUT2D eigenvalue weighted by Crippen LogP contribution is -2.00. The van der Waals surface area contributed by atoms with Gasteiger partial charge in [-0.3, -0.25) is 4.57 Å². The second-order valence-electron chi connectivity index (χ2n) is 4.29. The summed E-state index contributed by atoms with van der Waals surface area (Å²) in [5, 5.41) is 10.9.